The van der Waals surface area contributed by atoms with E-state index >= 15 is 0 Å². The zero-order valence-corrected chi connectivity index (χ0v) is 10.1. The minimum absolute atomic E-state index is 0.176. The van der Waals surface area contributed by atoms with Gasteiger partial charge in [0.1, 0.15) is 0 Å². The number of amides is 2. The fraction of sp³-hybridized carbons (Fsp3) is 0.444. The molecule has 0 fully saturated rings. The van der Waals surface area contributed by atoms with Crippen molar-refractivity contribution in [1.29, 1.82) is 0 Å². The smallest absolute Gasteiger partial charge is 0.320 e. The Morgan fingerprint density at radius 3 is 2.75 bits per heavy atom. The number of aryl methyl sites for hydroxylation is 1. The van der Waals surface area contributed by atoms with Crippen molar-refractivity contribution in [2.75, 3.05) is 19.5 Å². The van der Waals surface area contributed by atoms with Gasteiger partial charge in [0.15, 0.2) is 5.13 Å². The Labute approximate surface area is 97.0 Å². The third-order valence-corrected chi connectivity index (χ3v) is 2.95. The molecule has 2 amide bonds. The lowest BCUT2D eigenvalue weighted by molar-refractivity contribution is -0.139. The zero-order valence-electron chi connectivity index (χ0n) is 9.29. The lowest BCUT2D eigenvalue weighted by Crippen LogP contribution is -2.24. The van der Waals surface area contributed by atoms with Crippen molar-refractivity contribution in [3.05, 3.63) is 10.6 Å². The van der Waals surface area contributed by atoms with E-state index < -0.39 is 0 Å². The standard InChI is InChI=1S/C9H13N3O3S/c1-5-6(4-7(13)15-3)16-9(11-5)12-8(14)10-2/h4H2,1-3H3,(H2,10,11,12,14). The molecule has 0 aliphatic heterocycles. The molecular formula is C9H13N3O3S. The Hall–Kier alpha value is -1.63. The van der Waals surface area contributed by atoms with Gasteiger partial charge in [-0.3, -0.25) is 10.1 Å². The number of urea groups is 1. The number of nitrogens with zero attached hydrogens (tertiary/aromatic N) is 1. The predicted molar refractivity (Wildman–Crippen MR) is 60.6 cm³/mol. The second-order valence-electron chi connectivity index (χ2n) is 2.98. The highest BCUT2D eigenvalue weighted by atomic mass is 32.1. The minimum Gasteiger partial charge on any atom is -0.469 e. The first-order valence-corrected chi connectivity index (χ1v) is 5.40. The molecule has 1 aromatic heterocycles. The molecule has 0 unspecified atom stereocenters. The van der Waals surface area contributed by atoms with Gasteiger partial charge in [-0.25, -0.2) is 9.78 Å². The van der Waals surface area contributed by atoms with E-state index in [1.807, 2.05) is 0 Å². The van der Waals surface area contributed by atoms with Crippen LogP contribution in [0.5, 0.6) is 0 Å². The Balaban J connectivity index is 2.73. The molecule has 88 valence electrons. The zero-order chi connectivity index (χ0) is 12.1. The number of hydrogen-bond acceptors (Lipinski definition) is 5. The van der Waals surface area contributed by atoms with Gasteiger partial charge >= 0.3 is 12.0 Å². The Bertz CT molecular complexity index is 403. The SMILES string of the molecule is CNC(=O)Nc1nc(C)c(CC(=O)OC)s1. The lowest BCUT2D eigenvalue weighted by atomic mass is 10.3. The molecule has 0 atom stereocenters. The molecule has 6 nitrogen and oxygen atoms in total. The van der Waals surface area contributed by atoms with Gasteiger partial charge in [-0.15, -0.1) is 11.3 Å². The predicted octanol–water partition coefficient (Wildman–Crippen LogP) is 0.918. The number of esters is 1. The largest absolute Gasteiger partial charge is 0.469 e. The van der Waals surface area contributed by atoms with Crippen molar-refractivity contribution in [3.63, 3.8) is 0 Å². The molecule has 1 aromatic rings. The molecule has 0 spiro atoms. The second-order valence-corrected chi connectivity index (χ2v) is 4.07. The van der Waals surface area contributed by atoms with Crippen LogP contribution in [0.15, 0.2) is 0 Å². The van der Waals surface area contributed by atoms with E-state index in [1.54, 1.807) is 6.92 Å². The van der Waals surface area contributed by atoms with Gasteiger partial charge in [-0.05, 0) is 6.92 Å². The Kier molecular flexibility index (Phi) is 4.24. The summed E-state index contributed by atoms with van der Waals surface area (Å²) in [5.41, 5.74) is 0.724. The summed E-state index contributed by atoms with van der Waals surface area (Å²) in [7, 11) is 2.85. The first kappa shape index (κ1) is 12.4. The van der Waals surface area contributed by atoms with Crippen molar-refractivity contribution in [2.45, 2.75) is 13.3 Å². The number of carbonyl (C=O) groups excluding carboxylic acids is 2. The van der Waals surface area contributed by atoms with Gasteiger partial charge in [-0.1, -0.05) is 0 Å². The van der Waals surface area contributed by atoms with Crippen LogP contribution in [0.4, 0.5) is 9.93 Å². The molecule has 1 heterocycles. The maximum Gasteiger partial charge on any atom is 0.320 e. The van der Waals surface area contributed by atoms with Gasteiger partial charge in [0.25, 0.3) is 0 Å². The normalized spacial score (nSPS) is 9.69. The average Bonchev–Trinajstić information content (AvgIpc) is 2.58. The van der Waals surface area contributed by atoms with Gasteiger partial charge in [0, 0.05) is 11.9 Å². The minimum atomic E-state index is -0.335. The summed E-state index contributed by atoms with van der Waals surface area (Å²) < 4.78 is 4.56. The molecule has 0 radical (unpaired) electrons. The molecule has 1 rings (SSSR count). The molecule has 0 saturated carbocycles. The number of carbonyl (C=O) groups is 2. The number of thiazole rings is 1. The molecular weight excluding hydrogens is 230 g/mol. The average molecular weight is 243 g/mol. The highest BCUT2D eigenvalue weighted by Crippen LogP contribution is 2.23. The van der Waals surface area contributed by atoms with Crippen LogP contribution >= 0.6 is 11.3 Å². The molecule has 0 bridgehead atoms. The van der Waals surface area contributed by atoms with E-state index in [9.17, 15) is 9.59 Å². The van der Waals surface area contributed by atoms with E-state index in [0.717, 1.165) is 10.6 Å². The number of ether oxygens (including phenoxy) is 1. The number of anilines is 1. The van der Waals surface area contributed by atoms with Crippen molar-refractivity contribution in [2.24, 2.45) is 0 Å². The maximum absolute atomic E-state index is 11.1. The van der Waals surface area contributed by atoms with Crippen LogP contribution in [0, 0.1) is 6.92 Å². The topological polar surface area (TPSA) is 80.3 Å². The van der Waals surface area contributed by atoms with E-state index in [1.165, 1.54) is 25.5 Å². The lowest BCUT2D eigenvalue weighted by Gasteiger charge is -1.97. The van der Waals surface area contributed by atoms with Crippen LogP contribution in [0.3, 0.4) is 0 Å². The Morgan fingerprint density at radius 2 is 2.19 bits per heavy atom. The van der Waals surface area contributed by atoms with Crippen molar-refractivity contribution in [1.82, 2.24) is 10.3 Å². The highest BCUT2D eigenvalue weighted by molar-refractivity contribution is 7.16. The third kappa shape index (κ3) is 3.20. The fourth-order valence-electron chi connectivity index (χ4n) is 1.01. The molecule has 7 heteroatoms. The number of nitrogens with one attached hydrogen (secondary N) is 2. The summed E-state index contributed by atoms with van der Waals surface area (Å²) in [5.74, 6) is -0.321. The fourth-order valence-corrected chi connectivity index (χ4v) is 1.95. The molecule has 2 N–H and O–H groups in total. The number of hydrogen-bond donors (Lipinski definition) is 2. The van der Waals surface area contributed by atoms with E-state index in [2.05, 4.69) is 20.4 Å². The Morgan fingerprint density at radius 1 is 1.50 bits per heavy atom. The number of methoxy groups -OCH3 is 1. The van der Waals surface area contributed by atoms with Crippen LogP contribution in [-0.4, -0.2) is 31.1 Å². The van der Waals surface area contributed by atoms with E-state index in [0.29, 0.717) is 5.13 Å². The molecule has 0 aliphatic carbocycles. The van der Waals surface area contributed by atoms with Gasteiger partial charge < -0.3 is 10.1 Å². The summed E-state index contributed by atoms with van der Waals surface area (Å²) in [6, 6.07) is -0.335. The van der Waals surface area contributed by atoms with Crippen molar-refractivity contribution in [3.8, 4) is 0 Å². The molecule has 0 aromatic carbocycles. The summed E-state index contributed by atoms with van der Waals surface area (Å²) in [6.07, 6.45) is 0.176. The van der Waals surface area contributed by atoms with E-state index in [4.69, 9.17) is 0 Å². The van der Waals surface area contributed by atoms with Crippen molar-refractivity contribution >= 4 is 28.5 Å². The van der Waals surface area contributed by atoms with Crippen LogP contribution in [-0.2, 0) is 16.0 Å². The third-order valence-electron chi connectivity index (χ3n) is 1.87. The van der Waals surface area contributed by atoms with Crippen molar-refractivity contribution < 1.29 is 14.3 Å². The summed E-state index contributed by atoms with van der Waals surface area (Å²) in [5, 5.41) is 5.44. The summed E-state index contributed by atoms with van der Waals surface area (Å²) in [6.45, 7) is 1.78. The first-order chi connectivity index (χ1) is 7.56. The summed E-state index contributed by atoms with van der Waals surface area (Å²) in [4.78, 5) is 27.0. The highest BCUT2D eigenvalue weighted by Gasteiger charge is 2.12. The van der Waals surface area contributed by atoms with Gasteiger partial charge in [0.2, 0.25) is 0 Å². The van der Waals surface area contributed by atoms with Crippen LogP contribution < -0.4 is 10.6 Å². The number of rotatable bonds is 3. The quantitative estimate of drug-likeness (QED) is 0.773. The van der Waals surface area contributed by atoms with Gasteiger partial charge in [0.05, 0.1) is 19.2 Å². The molecule has 0 aliphatic rings. The maximum atomic E-state index is 11.1. The van der Waals surface area contributed by atoms with E-state index in [-0.39, 0.29) is 18.4 Å². The van der Waals surface area contributed by atoms with Crippen LogP contribution in [0.2, 0.25) is 0 Å². The number of aromatic nitrogens is 1. The van der Waals surface area contributed by atoms with Gasteiger partial charge in [-0.2, -0.15) is 0 Å². The monoisotopic (exact) mass is 243 g/mol. The summed E-state index contributed by atoms with van der Waals surface area (Å²) >= 11 is 1.26. The second kappa shape index (κ2) is 5.45. The van der Waals surface area contributed by atoms with Crippen LogP contribution in [0.25, 0.3) is 0 Å². The first-order valence-electron chi connectivity index (χ1n) is 4.58. The molecule has 16 heavy (non-hydrogen) atoms. The van der Waals surface area contributed by atoms with Crippen LogP contribution in [0.1, 0.15) is 10.6 Å². The molecule has 0 saturated heterocycles.